The average Bonchev–Trinajstić information content (AvgIpc) is 2.69. The van der Waals surface area contributed by atoms with Crippen LogP contribution in [-0.4, -0.2) is 38.1 Å². The standard InChI is InChI=1S/C21H24ClN3O3/c1-15(26)23-19(16-6-8-17(22)9-7-16)14-21(27)24-18-4-2-3-5-20(18)25-10-12-28-13-11-25/h2-9,19H,10-14H2,1H3,(H,23,26)(H,24,27). The fraction of sp³-hybridized carbons (Fsp3) is 0.333. The van der Waals surface area contributed by atoms with Crippen molar-refractivity contribution in [3.63, 3.8) is 0 Å². The molecule has 1 saturated heterocycles. The predicted molar refractivity (Wildman–Crippen MR) is 111 cm³/mol. The molecule has 28 heavy (non-hydrogen) atoms. The maximum atomic E-state index is 12.7. The van der Waals surface area contributed by atoms with Crippen LogP contribution in [0.5, 0.6) is 0 Å². The lowest BCUT2D eigenvalue weighted by Crippen LogP contribution is -2.37. The first kappa shape index (κ1) is 20.2. The van der Waals surface area contributed by atoms with Gasteiger partial charge >= 0.3 is 0 Å². The van der Waals surface area contributed by atoms with Gasteiger partial charge in [0.05, 0.1) is 37.1 Å². The zero-order valence-corrected chi connectivity index (χ0v) is 16.5. The SMILES string of the molecule is CC(=O)NC(CC(=O)Nc1ccccc1N1CCOCC1)c1ccc(Cl)cc1. The van der Waals surface area contributed by atoms with Crippen LogP contribution in [0.15, 0.2) is 48.5 Å². The van der Waals surface area contributed by atoms with Crippen LogP contribution >= 0.6 is 11.6 Å². The molecule has 2 aromatic carbocycles. The van der Waals surface area contributed by atoms with E-state index in [0.29, 0.717) is 18.2 Å². The highest BCUT2D eigenvalue weighted by atomic mass is 35.5. The molecule has 0 radical (unpaired) electrons. The van der Waals surface area contributed by atoms with E-state index in [1.54, 1.807) is 12.1 Å². The van der Waals surface area contributed by atoms with Crippen molar-refractivity contribution in [2.45, 2.75) is 19.4 Å². The molecule has 1 fully saturated rings. The van der Waals surface area contributed by atoms with Gasteiger partial charge in [0, 0.05) is 25.0 Å². The summed E-state index contributed by atoms with van der Waals surface area (Å²) in [5.41, 5.74) is 2.56. The molecule has 1 heterocycles. The predicted octanol–water partition coefficient (Wildman–Crippen LogP) is 3.38. The second-order valence-electron chi connectivity index (χ2n) is 6.67. The van der Waals surface area contributed by atoms with Crippen LogP contribution in [0.2, 0.25) is 5.02 Å². The van der Waals surface area contributed by atoms with Crippen molar-refractivity contribution in [1.29, 1.82) is 0 Å². The van der Waals surface area contributed by atoms with Crippen LogP contribution in [0.3, 0.4) is 0 Å². The molecular weight excluding hydrogens is 378 g/mol. The lowest BCUT2D eigenvalue weighted by atomic mass is 10.0. The Kier molecular flexibility index (Phi) is 6.90. The molecule has 1 aliphatic rings. The number of ether oxygens (including phenoxy) is 1. The lowest BCUT2D eigenvalue weighted by Gasteiger charge is -2.30. The third kappa shape index (κ3) is 5.47. The van der Waals surface area contributed by atoms with E-state index >= 15 is 0 Å². The second kappa shape index (κ2) is 9.57. The number of rotatable bonds is 6. The van der Waals surface area contributed by atoms with Crippen molar-refractivity contribution in [3.05, 3.63) is 59.1 Å². The molecule has 148 valence electrons. The number of para-hydroxylation sites is 2. The van der Waals surface area contributed by atoms with Crippen molar-refractivity contribution < 1.29 is 14.3 Å². The van der Waals surface area contributed by atoms with Crippen LogP contribution in [0, 0.1) is 0 Å². The third-order valence-electron chi connectivity index (χ3n) is 4.57. The Morgan fingerprint density at radius 2 is 1.79 bits per heavy atom. The quantitative estimate of drug-likeness (QED) is 0.778. The maximum Gasteiger partial charge on any atom is 0.226 e. The van der Waals surface area contributed by atoms with Crippen molar-refractivity contribution in [2.75, 3.05) is 36.5 Å². The largest absolute Gasteiger partial charge is 0.378 e. The summed E-state index contributed by atoms with van der Waals surface area (Å²) in [6.45, 7) is 4.35. The molecule has 3 rings (SSSR count). The van der Waals surface area contributed by atoms with Crippen LogP contribution in [0.25, 0.3) is 0 Å². The van der Waals surface area contributed by atoms with E-state index in [4.69, 9.17) is 16.3 Å². The van der Waals surface area contributed by atoms with Crippen molar-refractivity contribution in [1.82, 2.24) is 5.32 Å². The van der Waals surface area contributed by atoms with Crippen LogP contribution in [0.4, 0.5) is 11.4 Å². The summed E-state index contributed by atoms with van der Waals surface area (Å²) < 4.78 is 5.41. The molecule has 1 atom stereocenters. The number of amides is 2. The summed E-state index contributed by atoms with van der Waals surface area (Å²) in [5, 5.41) is 6.44. The average molecular weight is 402 g/mol. The number of benzene rings is 2. The Labute approximate surface area is 169 Å². The van der Waals surface area contributed by atoms with Gasteiger partial charge in [-0.25, -0.2) is 0 Å². The van der Waals surface area contributed by atoms with Gasteiger partial charge < -0.3 is 20.3 Å². The minimum Gasteiger partial charge on any atom is -0.378 e. The van der Waals surface area contributed by atoms with Gasteiger partial charge in [0.1, 0.15) is 0 Å². The van der Waals surface area contributed by atoms with Gasteiger partial charge in [-0.15, -0.1) is 0 Å². The zero-order valence-electron chi connectivity index (χ0n) is 15.8. The summed E-state index contributed by atoms with van der Waals surface area (Å²) in [4.78, 5) is 26.6. The molecule has 0 aromatic heterocycles. The molecule has 0 saturated carbocycles. The van der Waals surface area contributed by atoms with E-state index in [0.717, 1.165) is 30.0 Å². The van der Waals surface area contributed by atoms with Gasteiger partial charge in [0.2, 0.25) is 11.8 Å². The molecule has 0 spiro atoms. The number of nitrogens with one attached hydrogen (secondary N) is 2. The van der Waals surface area contributed by atoms with E-state index in [1.165, 1.54) is 6.92 Å². The Bertz CT molecular complexity index is 820. The van der Waals surface area contributed by atoms with E-state index in [9.17, 15) is 9.59 Å². The van der Waals surface area contributed by atoms with Gasteiger partial charge in [-0.2, -0.15) is 0 Å². The number of hydrogen-bond donors (Lipinski definition) is 2. The van der Waals surface area contributed by atoms with E-state index < -0.39 is 6.04 Å². The van der Waals surface area contributed by atoms with E-state index in [1.807, 2.05) is 36.4 Å². The smallest absolute Gasteiger partial charge is 0.226 e. The van der Waals surface area contributed by atoms with E-state index in [-0.39, 0.29) is 18.2 Å². The third-order valence-corrected chi connectivity index (χ3v) is 4.82. The van der Waals surface area contributed by atoms with Crippen molar-refractivity contribution >= 4 is 34.8 Å². The Morgan fingerprint density at radius 1 is 1.11 bits per heavy atom. The first-order valence-corrected chi connectivity index (χ1v) is 9.65. The Morgan fingerprint density at radius 3 is 2.46 bits per heavy atom. The zero-order chi connectivity index (χ0) is 19.9. The molecular formula is C21H24ClN3O3. The summed E-state index contributed by atoms with van der Waals surface area (Å²) in [5.74, 6) is -0.365. The molecule has 7 heteroatoms. The first-order chi connectivity index (χ1) is 13.5. The van der Waals surface area contributed by atoms with Gasteiger partial charge in [0.25, 0.3) is 0 Å². The number of carbonyl (C=O) groups is 2. The Balaban J connectivity index is 1.72. The number of halogens is 1. The molecule has 1 unspecified atom stereocenters. The number of hydrogen-bond acceptors (Lipinski definition) is 4. The maximum absolute atomic E-state index is 12.7. The monoisotopic (exact) mass is 401 g/mol. The minimum atomic E-state index is -0.426. The fourth-order valence-corrected chi connectivity index (χ4v) is 3.36. The van der Waals surface area contributed by atoms with Gasteiger partial charge in [-0.1, -0.05) is 35.9 Å². The van der Waals surface area contributed by atoms with Crippen LogP contribution < -0.4 is 15.5 Å². The van der Waals surface area contributed by atoms with Gasteiger partial charge in [0.15, 0.2) is 0 Å². The normalized spacial score (nSPS) is 15.0. The van der Waals surface area contributed by atoms with Crippen molar-refractivity contribution in [2.24, 2.45) is 0 Å². The topological polar surface area (TPSA) is 70.7 Å². The minimum absolute atomic E-state index is 0.124. The summed E-state index contributed by atoms with van der Waals surface area (Å²) in [6, 6.07) is 14.4. The number of morpholine rings is 1. The summed E-state index contributed by atoms with van der Waals surface area (Å²) in [6.07, 6.45) is 0.124. The molecule has 0 bridgehead atoms. The molecule has 0 aliphatic carbocycles. The second-order valence-corrected chi connectivity index (χ2v) is 7.11. The highest BCUT2D eigenvalue weighted by Crippen LogP contribution is 2.27. The molecule has 2 aromatic rings. The highest BCUT2D eigenvalue weighted by Gasteiger charge is 2.20. The van der Waals surface area contributed by atoms with Gasteiger partial charge in [-0.3, -0.25) is 9.59 Å². The highest BCUT2D eigenvalue weighted by molar-refractivity contribution is 6.30. The lowest BCUT2D eigenvalue weighted by molar-refractivity contribution is -0.120. The van der Waals surface area contributed by atoms with Gasteiger partial charge in [-0.05, 0) is 29.8 Å². The van der Waals surface area contributed by atoms with Crippen LogP contribution in [0.1, 0.15) is 24.9 Å². The molecule has 1 aliphatic heterocycles. The number of carbonyl (C=O) groups excluding carboxylic acids is 2. The molecule has 2 N–H and O–H groups in total. The summed E-state index contributed by atoms with van der Waals surface area (Å²) in [7, 11) is 0. The van der Waals surface area contributed by atoms with E-state index in [2.05, 4.69) is 15.5 Å². The fourth-order valence-electron chi connectivity index (χ4n) is 3.24. The molecule has 6 nitrogen and oxygen atoms in total. The number of nitrogens with zero attached hydrogens (tertiary/aromatic N) is 1. The summed E-state index contributed by atoms with van der Waals surface area (Å²) >= 11 is 5.95. The first-order valence-electron chi connectivity index (χ1n) is 9.27. The van der Waals surface area contributed by atoms with Crippen molar-refractivity contribution in [3.8, 4) is 0 Å². The Hall–Kier alpha value is -2.57. The van der Waals surface area contributed by atoms with Crippen LogP contribution in [-0.2, 0) is 14.3 Å². The molecule has 2 amide bonds. The number of anilines is 2.